The maximum absolute atomic E-state index is 10.1. The first-order valence-corrected chi connectivity index (χ1v) is 4.83. The zero-order valence-electron chi connectivity index (χ0n) is 8.22. The predicted octanol–water partition coefficient (Wildman–Crippen LogP) is 2.65. The number of rotatable bonds is 1. The third-order valence-corrected chi connectivity index (χ3v) is 2.64. The van der Waals surface area contributed by atoms with Gasteiger partial charge in [0.15, 0.2) is 0 Å². The molecular weight excluding hydrogens is 172 g/mol. The average Bonchev–Trinajstić information content (AvgIpc) is 2.18. The Balaban J connectivity index is 2.36. The molecule has 1 aromatic rings. The number of hydrogen-bond donors (Lipinski definition) is 1. The Morgan fingerprint density at radius 1 is 1.14 bits per heavy atom. The first-order chi connectivity index (χ1) is 6.70. The molecule has 0 heterocycles. The van der Waals surface area contributed by atoms with Gasteiger partial charge in [-0.1, -0.05) is 54.6 Å². The third kappa shape index (κ3) is 1.64. The van der Waals surface area contributed by atoms with Crippen molar-refractivity contribution in [2.75, 3.05) is 0 Å². The fourth-order valence-corrected chi connectivity index (χ4v) is 1.83. The standard InChI is InChI=1S/C13H14O/c1-13(14)10-6-5-9-12(13)11-7-3-2-4-8-11/h2-10,12,14H,1H3. The van der Waals surface area contributed by atoms with Crippen LogP contribution in [-0.2, 0) is 0 Å². The summed E-state index contributed by atoms with van der Waals surface area (Å²) in [6.07, 6.45) is 7.75. The molecule has 1 aromatic carbocycles. The first-order valence-electron chi connectivity index (χ1n) is 4.83. The van der Waals surface area contributed by atoms with Gasteiger partial charge in [0.05, 0.1) is 5.60 Å². The molecule has 1 nitrogen and oxygen atoms in total. The van der Waals surface area contributed by atoms with Crippen LogP contribution in [0.15, 0.2) is 54.6 Å². The van der Waals surface area contributed by atoms with Crippen LogP contribution in [0.2, 0.25) is 0 Å². The van der Waals surface area contributed by atoms with Crippen molar-refractivity contribution in [2.24, 2.45) is 0 Å². The Labute approximate surface area is 84.4 Å². The lowest BCUT2D eigenvalue weighted by Gasteiger charge is -2.30. The lowest BCUT2D eigenvalue weighted by atomic mass is 9.81. The van der Waals surface area contributed by atoms with Crippen molar-refractivity contribution in [3.05, 3.63) is 60.2 Å². The number of aliphatic hydroxyl groups is 1. The van der Waals surface area contributed by atoms with E-state index in [-0.39, 0.29) is 5.92 Å². The summed E-state index contributed by atoms with van der Waals surface area (Å²) in [5, 5.41) is 10.1. The van der Waals surface area contributed by atoms with Crippen molar-refractivity contribution in [3.63, 3.8) is 0 Å². The highest BCUT2D eigenvalue weighted by molar-refractivity contribution is 5.34. The minimum Gasteiger partial charge on any atom is -0.385 e. The minimum absolute atomic E-state index is 0.0636. The normalized spacial score (nSPS) is 30.6. The topological polar surface area (TPSA) is 20.2 Å². The van der Waals surface area contributed by atoms with Gasteiger partial charge < -0.3 is 5.11 Å². The highest BCUT2D eigenvalue weighted by Gasteiger charge is 2.29. The monoisotopic (exact) mass is 186 g/mol. The fraction of sp³-hybridized carbons (Fsp3) is 0.231. The van der Waals surface area contributed by atoms with Crippen LogP contribution in [0.3, 0.4) is 0 Å². The Morgan fingerprint density at radius 3 is 2.50 bits per heavy atom. The number of hydrogen-bond acceptors (Lipinski definition) is 1. The van der Waals surface area contributed by atoms with Crippen molar-refractivity contribution in [1.29, 1.82) is 0 Å². The molecule has 1 N–H and O–H groups in total. The van der Waals surface area contributed by atoms with E-state index >= 15 is 0 Å². The quantitative estimate of drug-likeness (QED) is 0.714. The minimum atomic E-state index is -0.768. The molecule has 0 spiro atoms. The van der Waals surface area contributed by atoms with Gasteiger partial charge in [0.1, 0.15) is 0 Å². The van der Waals surface area contributed by atoms with Gasteiger partial charge in [0.25, 0.3) is 0 Å². The van der Waals surface area contributed by atoms with Crippen LogP contribution in [-0.4, -0.2) is 10.7 Å². The maximum atomic E-state index is 10.1. The summed E-state index contributed by atoms with van der Waals surface area (Å²) in [6.45, 7) is 1.84. The van der Waals surface area contributed by atoms with Crippen LogP contribution >= 0.6 is 0 Å². The molecule has 0 amide bonds. The van der Waals surface area contributed by atoms with Crippen LogP contribution < -0.4 is 0 Å². The number of allylic oxidation sites excluding steroid dienone is 2. The summed E-state index contributed by atoms with van der Waals surface area (Å²) in [4.78, 5) is 0. The first kappa shape index (κ1) is 9.22. The molecule has 0 aromatic heterocycles. The van der Waals surface area contributed by atoms with Crippen LogP contribution in [0.1, 0.15) is 18.4 Å². The summed E-state index contributed by atoms with van der Waals surface area (Å²) >= 11 is 0. The second-order valence-corrected chi connectivity index (χ2v) is 3.86. The predicted molar refractivity (Wildman–Crippen MR) is 58.1 cm³/mol. The molecule has 0 fully saturated rings. The van der Waals surface area contributed by atoms with Crippen molar-refractivity contribution < 1.29 is 5.11 Å². The van der Waals surface area contributed by atoms with Gasteiger partial charge in [-0.15, -0.1) is 0 Å². The molecule has 1 aliphatic carbocycles. The Bertz CT molecular complexity index is 360. The third-order valence-electron chi connectivity index (χ3n) is 2.64. The maximum Gasteiger partial charge on any atom is 0.0905 e. The van der Waals surface area contributed by atoms with E-state index in [1.165, 1.54) is 0 Å². The van der Waals surface area contributed by atoms with Crippen molar-refractivity contribution >= 4 is 0 Å². The summed E-state index contributed by atoms with van der Waals surface area (Å²) in [5.74, 6) is 0.0636. The lowest BCUT2D eigenvalue weighted by molar-refractivity contribution is 0.0946. The Morgan fingerprint density at radius 2 is 1.86 bits per heavy atom. The van der Waals surface area contributed by atoms with Gasteiger partial charge in [0, 0.05) is 5.92 Å². The van der Waals surface area contributed by atoms with Gasteiger partial charge in [0.2, 0.25) is 0 Å². The van der Waals surface area contributed by atoms with E-state index in [1.807, 2.05) is 61.6 Å². The van der Waals surface area contributed by atoms with Crippen molar-refractivity contribution in [3.8, 4) is 0 Å². The van der Waals surface area contributed by atoms with E-state index in [0.717, 1.165) is 5.56 Å². The van der Waals surface area contributed by atoms with Gasteiger partial charge in [-0.25, -0.2) is 0 Å². The second kappa shape index (κ2) is 3.43. The summed E-state index contributed by atoms with van der Waals surface area (Å²) in [6, 6.07) is 10.1. The zero-order chi connectivity index (χ0) is 10.0. The Hall–Kier alpha value is -1.34. The van der Waals surface area contributed by atoms with E-state index in [2.05, 4.69) is 0 Å². The molecule has 0 radical (unpaired) electrons. The van der Waals surface area contributed by atoms with E-state index in [0.29, 0.717) is 0 Å². The van der Waals surface area contributed by atoms with E-state index in [4.69, 9.17) is 0 Å². The molecule has 2 rings (SSSR count). The van der Waals surface area contributed by atoms with E-state index < -0.39 is 5.60 Å². The molecular formula is C13H14O. The smallest absolute Gasteiger partial charge is 0.0905 e. The SMILES string of the molecule is CC1(O)C=CC=CC1c1ccccc1. The molecule has 0 saturated carbocycles. The zero-order valence-corrected chi connectivity index (χ0v) is 8.22. The van der Waals surface area contributed by atoms with Gasteiger partial charge >= 0.3 is 0 Å². The highest BCUT2D eigenvalue weighted by Crippen LogP contribution is 2.32. The average molecular weight is 186 g/mol. The van der Waals surface area contributed by atoms with Gasteiger partial charge in [-0.05, 0) is 12.5 Å². The molecule has 72 valence electrons. The van der Waals surface area contributed by atoms with Crippen LogP contribution in [0.4, 0.5) is 0 Å². The van der Waals surface area contributed by atoms with Gasteiger partial charge in [-0.3, -0.25) is 0 Å². The van der Waals surface area contributed by atoms with Gasteiger partial charge in [-0.2, -0.15) is 0 Å². The second-order valence-electron chi connectivity index (χ2n) is 3.86. The lowest BCUT2D eigenvalue weighted by Crippen LogP contribution is -2.30. The summed E-state index contributed by atoms with van der Waals surface area (Å²) in [7, 11) is 0. The van der Waals surface area contributed by atoms with Crippen LogP contribution in [0, 0.1) is 0 Å². The van der Waals surface area contributed by atoms with E-state index in [1.54, 1.807) is 0 Å². The molecule has 0 bridgehead atoms. The van der Waals surface area contributed by atoms with Crippen LogP contribution in [0.25, 0.3) is 0 Å². The summed E-state index contributed by atoms with van der Waals surface area (Å²) in [5.41, 5.74) is 0.383. The molecule has 1 aliphatic rings. The molecule has 2 unspecified atom stereocenters. The van der Waals surface area contributed by atoms with Crippen molar-refractivity contribution in [1.82, 2.24) is 0 Å². The molecule has 1 heteroatoms. The molecule has 0 aliphatic heterocycles. The molecule has 2 atom stereocenters. The fourth-order valence-electron chi connectivity index (χ4n) is 1.83. The number of benzene rings is 1. The largest absolute Gasteiger partial charge is 0.385 e. The van der Waals surface area contributed by atoms with E-state index in [9.17, 15) is 5.11 Å². The molecule has 14 heavy (non-hydrogen) atoms. The molecule has 0 saturated heterocycles. The highest BCUT2D eigenvalue weighted by atomic mass is 16.3. The van der Waals surface area contributed by atoms with Crippen LogP contribution in [0.5, 0.6) is 0 Å². The summed E-state index contributed by atoms with van der Waals surface area (Å²) < 4.78 is 0. The van der Waals surface area contributed by atoms with Crippen molar-refractivity contribution in [2.45, 2.75) is 18.4 Å². The Kier molecular flexibility index (Phi) is 2.26.